The van der Waals surface area contributed by atoms with Crippen molar-refractivity contribution in [2.45, 2.75) is 45.7 Å². The van der Waals surface area contributed by atoms with Gasteiger partial charge in [0.15, 0.2) is 0 Å². The molecule has 6 heteroatoms. The van der Waals surface area contributed by atoms with E-state index in [1.54, 1.807) is 16.2 Å². The van der Waals surface area contributed by atoms with Crippen LogP contribution in [0.25, 0.3) is 0 Å². The number of thiophene rings is 1. The smallest absolute Gasteiger partial charge is 0.242 e. The van der Waals surface area contributed by atoms with Crippen LogP contribution in [-0.2, 0) is 16.0 Å². The molecule has 0 aliphatic carbocycles. The minimum Gasteiger partial charge on any atom is -0.491 e. The number of para-hydroxylation sites is 1. The lowest BCUT2D eigenvalue weighted by molar-refractivity contribution is -0.144. The Balaban J connectivity index is 1.77. The van der Waals surface area contributed by atoms with Crippen LogP contribution < -0.4 is 4.74 Å². The van der Waals surface area contributed by atoms with Crippen LogP contribution in [-0.4, -0.2) is 47.4 Å². The summed E-state index contributed by atoms with van der Waals surface area (Å²) >= 11 is 1.73. The summed E-state index contributed by atoms with van der Waals surface area (Å²) in [6.07, 6.45) is 1.25. The molecular weight excluding hydrogens is 372 g/mol. The van der Waals surface area contributed by atoms with E-state index in [9.17, 15) is 9.59 Å². The molecule has 1 aliphatic rings. The van der Waals surface area contributed by atoms with Crippen LogP contribution in [0.4, 0.5) is 0 Å². The summed E-state index contributed by atoms with van der Waals surface area (Å²) in [5.41, 5.74) is 1.17. The summed E-state index contributed by atoms with van der Waals surface area (Å²) in [5, 5.41) is 2.08. The van der Waals surface area contributed by atoms with Crippen molar-refractivity contribution >= 4 is 23.2 Å². The van der Waals surface area contributed by atoms with Crippen LogP contribution in [0, 0.1) is 0 Å². The monoisotopic (exact) mass is 400 g/mol. The van der Waals surface area contributed by atoms with Gasteiger partial charge in [-0.3, -0.25) is 9.59 Å². The first-order valence-corrected chi connectivity index (χ1v) is 10.7. The van der Waals surface area contributed by atoms with E-state index in [1.165, 1.54) is 10.4 Å². The van der Waals surface area contributed by atoms with E-state index in [4.69, 9.17) is 4.74 Å². The molecule has 28 heavy (non-hydrogen) atoms. The normalized spacial score (nSPS) is 16.0. The van der Waals surface area contributed by atoms with Crippen LogP contribution >= 0.6 is 11.3 Å². The lowest BCUT2D eigenvalue weighted by Gasteiger charge is -2.37. The number of amides is 2. The molecule has 0 radical (unpaired) electrons. The molecule has 0 bridgehead atoms. The third-order valence-corrected chi connectivity index (χ3v) is 6.11. The summed E-state index contributed by atoms with van der Waals surface area (Å²) in [6.45, 7) is 6.90. The van der Waals surface area contributed by atoms with Crippen molar-refractivity contribution in [3.05, 3.63) is 52.2 Å². The number of carbonyl (C=O) groups excluding carboxylic acids is 2. The first-order chi connectivity index (χ1) is 13.5. The van der Waals surface area contributed by atoms with E-state index in [-0.39, 0.29) is 30.4 Å². The fraction of sp³-hybridized carbons (Fsp3) is 0.455. The van der Waals surface area contributed by atoms with Crippen molar-refractivity contribution in [2.75, 3.05) is 19.7 Å². The molecule has 0 saturated heterocycles. The Bertz CT molecular complexity index is 803. The number of ether oxygens (including phenoxy) is 1. The number of nitrogens with zero attached hydrogens (tertiary/aromatic N) is 2. The topological polar surface area (TPSA) is 49.9 Å². The molecule has 1 aromatic carbocycles. The third-order valence-electron chi connectivity index (χ3n) is 5.12. The van der Waals surface area contributed by atoms with Crippen LogP contribution in [0.5, 0.6) is 5.75 Å². The predicted molar refractivity (Wildman–Crippen MR) is 112 cm³/mol. The predicted octanol–water partition coefficient (Wildman–Crippen LogP) is 3.90. The molecule has 0 fully saturated rings. The van der Waals surface area contributed by atoms with E-state index >= 15 is 0 Å². The highest BCUT2D eigenvalue weighted by atomic mass is 32.1. The van der Waals surface area contributed by atoms with Crippen molar-refractivity contribution in [3.63, 3.8) is 0 Å². The molecule has 5 nitrogen and oxygen atoms in total. The molecular formula is C22H28N2O3S. The van der Waals surface area contributed by atoms with Crippen molar-refractivity contribution < 1.29 is 14.3 Å². The molecule has 2 amide bonds. The summed E-state index contributed by atoms with van der Waals surface area (Å²) < 4.78 is 6.00. The summed E-state index contributed by atoms with van der Waals surface area (Å²) in [6, 6.07) is 11.6. The molecule has 2 aromatic rings. The Morgan fingerprint density at radius 3 is 2.68 bits per heavy atom. The van der Waals surface area contributed by atoms with Gasteiger partial charge in [-0.15, -0.1) is 11.3 Å². The van der Waals surface area contributed by atoms with Crippen LogP contribution in [0.15, 0.2) is 41.8 Å². The Labute approximate surface area is 170 Å². The van der Waals surface area contributed by atoms with E-state index < -0.39 is 0 Å². The molecule has 0 saturated carbocycles. The van der Waals surface area contributed by atoms with Crippen LogP contribution in [0.1, 0.15) is 43.7 Å². The van der Waals surface area contributed by atoms with E-state index in [0.717, 1.165) is 12.2 Å². The average Bonchev–Trinajstić information content (AvgIpc) is 3.19. The second kappa shape index (κ2) is 9.24. The second-order valence-corrected chi connectivity index (χ2v) is 8.25. The second-order valence-electron chi connectivity index (χ2n) is 7.25. The fourth-order valence-electron chi connectivity index (χ4n) is 3.56. The van der Waals surface area contributed by atoms with Crippen LogP contribution in [0.2, 0.25) is 0 Å². The Morgan fingerprint density at radius 2 is 2.00 bits per heavy atom. The van der Waals surface area contributed by atoms with Gasteiger partial charge < -0.3 is 14.5 Å². The highest BCUT2D eigenvalue weighted by Gasteiger charge is 2.33. The Kier molecular flexibility index (Phi) is 6.73. The van der Waals surface area contributed by atoms with Gasteiger partial charge >= 0.3 is 0 Å². The van der Waals surface area contributed by atoms with Crippen molar-refractivity contribution in [3.8, 4) is 5.75 Å². The number of hydrogen-bond acceptors (Lipinski definition) is 4. The Morgan fingerprint density at radius 1 is 1.25 bits per heavy atom. The Hall–Kier alpha value is -2.34. The quantitative estimate of drug-likeness (QED) is 0.708. The maximum Gasteiger partial charge on any atom is 0.242 e. The maximum atomic E-state index is 13.2. The van der Waals surface area contributed by atoms with Crippen molar-refractivity contribution in [2.24, 2.45) is 0 Å². The first-order valence-electron chi connectivity index (χ1n) is 9.84. The van der Waals surface area contributed by atoms with Gasteiger partial charge in [-0.25, -0.2) is 0 Å². The van der Waals surface area contributed by atoms with Gasteiger partial charge in [-0.1, -0.05) is 25.1 Å². The summed E-state index contributed by atoms with van der Waals surface area (Å²) in [5.74, 6) is 0.782. The zero-order chi connectivity index (χ0) is 20.1. The van der Waals surface area contributed by atoms with Gasteiger partial charge in [-0.2, -0.15) is 0 Å². The minimum absolute atomic E-state index is 0.00285. The lowest BCUT2D eigenvalue weighted by Crippen LogP contribution is -2.49. The van der Waals surface area contributed by atoms with Gasteiger partial charge in [-0.05, 0) is 49.4 Å². The number of benzene rings is 1. The lowest BCUT2D eigenvalue weighted by atomic mass is 10.00. The molecule has 0 N–H and O–H groups in total. The molecule has 1 aromatic heterocycles. The molecule has 0 spiro atoms. The number of hydrogen-bond donors (Lipinski definition) is 0. The highest BCUT2D eigenvalue weighted by Crippen LogP contribution is 2.34. The van der Waals surface area contributed by atoms with E-state index in [1.807, 2.05) is 56.0 Å². The molecule has 0 unspecified atom stereocenters. The third kappa shape index (κ3) is 4.55. The molecule has 2 heterocycles. The summed E-state index contributed by atoms with van der Waals surface area (Å²) in [7, 11) is 0. The number of fused-ring (bicyclic) bond motifs is 1. The first kappa shape index (κ1) is 20.4. The van der Waals surface area contributed by atoms with Gasteiger partial charge in [0.2, 0.25) is 11.8 Å². The van der Waals surface area contributed by atoms with Crippen LogP contribution in [0.3, 0.4) is 0 Å². The minimum atomic E-state index is -0.131. The standard InChI is InChI=1S/C22H28N2O3S/c1-4-21(25)24(16(2)3)14-22(26)23-12-10-20-18(11-13-28-20)19(23)15-27-17-8-6-5-7-9-17/h5-9,11,13,16,19H,4,10,12,14-15H2,1-3H3/t19-/m0/s1. The SMILES string of the molecule is CCC(=O)N(CC(=O)N1CCc2sccc2[C@@H]1COc1ccccc1)C(C)C. The molecule has 3 rings (SSSR count). The maximum absolute atomic E-state index is 13.2. The van der Waals surface area contributed by atoms with Gasteiger partial charge in [0.1, 0.15) is 12.4 Å². The summed E-state index contributed by atoms with van der Waals surface area (Å²) in [4.78, 5) is 30.3. The van der Waals surface area contributed by atoms with E-state index in [2.05, 4.69) is 11.4 Å². The largest absolute Gasteiger partial charge is 0.491 e. The van der Waals surface area contributed by atoms with Gasteiger partial charge in [0.05, 0.1) is 12.6 Å². The molecule has 1 atom stereocenters. The van der Waals surface area contributed by atoms with Gasteiger partial charge in [0.25, 0.3) is 0 Å². The highest BCUT2D eigenvalue weighted by molar-refractivity contribution is 7.10. The van der Waals surface area contributed by atoms with E-state index in [0.29, 0.717) is 19.6 Å². The molecule has 150 valence electrons. The average molecular weight is 401 g/mol. The zero-order valence-corrected chi connectivity index (χ0v) is 17.6. The number of carbonyl (C=O) groups is 2. The number of rotatable bonds is 7. The molecule has 1 aliphatic heterocycles. The van der Waals surface area contributed by atoms with Crippen molar-refractivity contribution in [1.82, 2.24) is 9.80 Å². The fourth-order valence-corrected chi connectivity index (χ4v) is 4.49. The zero-order valence-electron chi connectivity index (χ0n) is 16.8. The van der Waals surface area contributed by atoms with Crippen molar-refractivity contribution in [1.29, 1.82) is 0 Å². The van der Waals surface area contributed by atoms with Gasteiger partial charge in [0, 0.05) is 23.9 Å².